The van der Waals surface area contributed by atoms with E-state index in [1.165, 1.54) is 53.6 Å². The second kappa shape index (κ2) is 9.53. The molecule has 0 saturated heterocycles. The van der Waals surface area contributed by atoms with Crippen molar-refractivity contribution in [2.24, 2.45) is 0 Å². The van der Waals surface area contributed by atoms with Crippen LogP contribution in [-0.4, -0.2) is 34.9 Å². The molecule has 0 fully saturated rings. The molecular formula is C24H17F5N4O2. The van der Waals surface area contributed by atoms with Crippen molar-refractivity contribution in [2.75, 3.05) is 23.4 Å². The van der Waals surface area contributed by atoms with Crippen molar-refractivity contribution in [3.05, 3.63) is 101 Å². The van der Waals surface area contributed by atoms with Gasteiger partial charge in [0.2, 0.25) is 0 Å². The lowest BCUT2D eigenvalue weighted by Crippen LogP contribution is -2.43. The van der Waals surface area contributed by atoms with Gasteiger partial charge in [0.15, 0.2) is 0 Å². The zero-order valence-electron chi connectivity index (χ0n) is 17.9. The van der Waals surface area contributed by atoms with Crippen LogP contribution in [-0.2, 0) is 6.18 Å². The highest BCUT2D eigenvalue weighted by molar-refractivity contribution is 6.04. The van der Waals surface area contributed by atoms with Crippen molar-refractivity contribution in [1.29, 1.82) is 0 Å². The number of alkyl halides is 3. The second-order valence-electron chi connectivity index (χ2n) is 7.55. The molecule has 0 unspecified atom stereocenters. The summed E-state index contributed by atoms with van der Waals surface area (Å²) in [5.41, 5.74) is -1.80. The second-order valence-corrected chi connectivity index (χ2v) is 7.55. The van der Waals surface area contributed by atoms with Gasteiger partial charge < -0.3 is 15.1 Å². The van der Waals surface area contributed by atoms with Gasteiger partial charge in [0.1, 0.15) is 17.5 Å². The number of carbonyl (C=O) groups is 2. The minimum Gasteiger partial charge on any atom is -0.322 e. The van der Waals surface area contributed by atoms with Crippen LogP contribution < -0.4 is 10.2 Å². The number of nitrogens with zero attached hydrogens (tertiary/aromatic N) is 3. The van der Waals surface area contributed by atoms with E-state index in [0.29, 0.717) is 17.6 Å². The standard InChI is InChI=1S/C24H17F5N4O2/c25-16-6-8-17(9-7-16)31-22(34)15-5-10-20(30-13-15)32-11-2-12-33(14-32)23(35)21-18(24(27,28)29)3-1-4-19(21)26/h1-11,13H,12,14H2,(H,31,34). The molecule has 3 aromatic rings. The summed E-state index contributed by atoms with van der Waals surface area (Å²) in [6, 6.07) is 10.5. The maximum atomic E-state index is 14.3. The van der Waals surface area contributed by atoms with E-state index in [-0.39, 0.29) is 18.8 Å². The number of anilines is 2. The van der Waals surface area contributed by atoms with Gasteiger partial charge >= 0.3 is 6.18 Å². The van der Waals surface area contributed by atoms with E-state index in [0.717, 1.165) is 17.0 Å². The Hall–Kier alpha value is -4.28. The van der Waals surface area contributed by atoms with Gasteiger partial charge in [-0.05, 0) is 54.6 Å². The number of halogens is 5. The Labute approximate surface area is 196 Å². The number of benzene rings is 2. The summed E-state index contributed by atoms with van der Waals surface area (Å²) in [5, 5.41) is 2.59. The summed E-state index contributed by atoms with van der Waals surface area (Å²) in [7, 11) is 0. The lowest BCUT2D eigenvalue weighted by atomic mass is 10.0. The number of aromatic nitrogens is 1. The van der Waals surface area contributed by atoms with Crippen LogP contribution in [0.1, 0.15) is 26.3 Å². The van der Waals surface area contributed by atoms with Gasteiger partial charge in [-0.15, -0.1) is 0 Å². The topological polar surface area (TPSA) is 65.5 Å². The van der Waals surface area contributed by atoms with Gasteiger partial charge in [-0.1, -0.05) is 6.07 Å². The summed E-state index contributed by atoms with van der Waals surface area (Å²) in [6.45, 7) is -0.214. The molecule has 0 saturated carbocycles. The van der Waals surface area contributed by atoms with Gasteiger partial charge in [-0.25, -0.2) is 13.8 Å². The SMILES string of the molecule is O=C(Nc1ccc(F)cc1)c1ccc(N2C=CCN(C(=O)c3c(F)cccc3C(F)(F)F)C2)nc1. The van der Waals surface area contributed by atoms with E-state index in [1.807, 2.05) is 0 Å². The Balaban J connectivity index is 1.48. The molecule has 1 aromatic heterocycles. The van der Waals surface area contributed by atoms with E-state index < -0.39 is 40.8 Å². The number of nitrogens with one attached hydrogen (secondary N) is 1. The minimum atomic E-state index is -4.90. The monoisotopic (exact) mass is 488 g/mol. The number of hydrogen-bond donors (Lipinski definition) is 1. The molecule has 0 aliphatic carbocycles. The van der Waals surface area contributed by atoms with Gasteiger partial charge in [0.25, 0.3) is 11.8 Å². The van der Waals surface area contributed by atoms with Crippen LogP contribution in [0.5, 0.6) is 0 Å². The van der Waals surface area contributed by atoms with Gasteiger partial charge in [0.05, 0.1) is 23.4 Å². The number of hydrogen-bond acceptors (Lipinski definition) is 4. The summed E-state index contributed by atoms with van der Waals surface area (Å²) in [6.07, 6.45) is -0.519. The van der Waals surface area contributed by atoms with Crippen molar-refractivity contribution >= 4 is 23.3 Å². The molecule has 2 aromatic carbocycles. The van der Waals surface area contributed by atoms with E-state index >= 15 is 0 Å². The summed E-state index contributed by atoms with van der Waals surface area (Å²) in [4.78, 5) is 31.9. The molecule has 35 heavy (non-hydrogen) atoms. The first kappa shape index (κ1) is 23.9. The third-order valence-corrected chi connectivity index (χ3v) is 5.16. The minimum absolute atomic E-state index is 0.0286. The van der Waals surface area contributed by atoms with Gasteiger partial charge in [-0.3, -0.25) is 9.59 Å². The first-order valence-electron chi connectivity index (χ1n) is 10.2. The molecule has 4 rings (SSSR count). The van der Waals surface area contributed by atoms with Crippen molar-refractivity contribution in [2.45, 2.75) is 6.18 Å². The van der Waals surface area contributed by atoms with Crippen LogP contribution in [0.15, 0.2) is 73.1 Å². The fourth-order valence-electron chi connectivity index (χ4n) is 3.45. The molecule has 1 aliphatic heterocycles. The molecule has 180 valence electrons. The van der Waals surface area contributed by atoms with Crippen LogP contribution in [0.4, 0.5) is 33.5 Å². The lowest BCUT2D eigenvalue weighted by molar-refractivity contribution is -0.138. The zero-order valence-corrected chi connectivity index (χ0v) is 17.9. The summed E-state index contributed by atoms with van der Waals surface area (Å²) >= 11 is 0. The first-order chi connectivity index (χ1) is 16.6. The van der Waals surface area contributed by atoms with E-state index in [1.54, 1.807) is 6.20 Å². The van der Waals surface area contributed by atoms with Crippen LogP contribution in [0.3, 0.4) is 0 Å². The Kier molecular flexibility index (Phi) is 6.50. The molecule has 11 heteroatoms. The molecule has 1 aliphatic rings. The predicted octanol–water partition coefficient (Wildman–Crippen LogP) is 5.06. The normalized spacial score (nSPS) is 13.6. The summed E-state index contributed by atoms with van der Waals surface area (Å²) < 4.78 is 67.3. The maximum absolute atomic E-state index is 14.3. The van der Waals surface area contributed by atoms with Crippen LogP contribution in [0.2, 0.25) is 0 Å². The molecular weight excluding hydrogens is 471 g/mol. The Morgan fingerprint density at radius 1 is 0.971 bits per heavy atom. The molecule has 2 amide bonds. The average Bonchev–Trinajstić information content (AvgIpc) is 2.84. The Bertz CT molecular complexity index is 1270. The third kappa shape index (κ3) is 5.29. The van der Waals surface area contributed by atoms with Gasteiger partial charge in [0, 0.05) is 24.6 Å². The van der Waals surface area contributed by atoms with Crippen LogP contribution in [0.25, 0.3) is 0 Å². The van der Waals surface area contributed by atoms with E-state index in [4.69, 9.17) is 0 Å². The van der Waals surface area contributed by atoms with Crippen molar-refractivity contribution in [1.82, 2.24) is 9.88 Å². The third-order valence-electron chi connectivity index (χ3n) is 5.16. The number of carbonyl (C=O) groups excluding carboxylic acids is 2. The lowest BCUT2D eigenvalue weighted by Gasteiger charge is -2.32. The van der Waals surface area contributed by atoms with Crippen molar-refractivity contribution in [3.8, 4) is 0 Å². The molecule has 1 N–H and O–H groups in total. The predicted molar refractivity (Wildman–Crippen MR) is 118 cm³/mol. The van der Waals surface area contributed by atoms with Gasteiger partial charge in [-0.2, -0.15) is 13.2 Å². The number of pyridine rings is 1. The quantitative estimate of drug-likeness (QED) is 0.522. The fraction of sp³-hybridized carbons (Fsp3) is 0.125. The van der Waals surface area contributed by atoms with Crippen molar-refractivity contribution < 1.29 is 31.5 Å². The Morgan fingerprint density at radius 2 is 1.71 bits per heavy atom. The number of rotatable bonds is 4. The fourth-order valence-corrected chi connectivity index (χ4v) is 3.45. The van der Waals surface area contributed by atoms with Crippen LogP contribution in [0, 0.1) is 11.6 Å². The molecule has 0 bridgehead atoms. The average molecular weight is 488 g/mol. The molecule has 0 radical (unpaired) electrons. The zero-order chi connectivity index (χ0) is 25.2. The highest BCUT2D eigenvalue weighted by atomic mass is 19.4. The molecule has 0 spiro atoms. The first-order valence-corrected chi connectivity index (χ1v) is 10.2. The molecule has 0 atom stereocenters. The molecule has 2 heterocycles. The maximum Gasteiger partial charge on any atom is 0.417 e. The Morgan fingerprint density at radius 3 is 2.37 bits per heavy atom. The van der Waals surface area contributed by atoms with Crippen LogP contribution >= 0.6 is 0 Å². The number of amides is 2. The largest absolute Gasteiger partial charge is 0.417 e. The van der Waals surface area contributed by atoms with E-state index in [9.17, 15) is 31.5 Å². The van der Waals surface area contributed by atoms with E-state index in [2.05, 4.69) is 10.3 Å². The highest BCUT2D eigenvalue weighted by Crippen LogP contribution is 2.34. The highest BCUT2D eigenvalue weighted by Gasteiger charge is 2.38. The smallest absolute Gasteiger partial charge is 0.322 e. The summed E-state index contributed by atoms with van der Waals surface area (Å²) in [5.74, 6) is -3.00. The molecule has 6 nitrogen and oxygen atoms in total. The van der Waals surface area contributed by atoms with Crippen molar-refractivity contribution in [3.63, 3.8) is 0 Å².